The second-order valence-corrected chi connectivity index (χ2v) is 8.43. The Hall–Kier alpha value is -2.44. The van der Waals surface area contributed by atoms with E-state index in [0.29, 0.717) is 18.8 Å². The van der Waals surface area contributed by atoms with Gasteiger partial charge in [0.15, 0.2) is 0 Å². The van der Waals surface area contributed by atoms with Crippen molar-refractivity contribution in [3.63, 3.8) is 0 Å². The van der Waals surface area contributed by atoms with E-state index in [1.54, 1.807) is 11.8 Å². The zero-order valence-electron chi connectivity index (χ0n) is 16.2. The van der Waals surface area contributed by atoms with Gasteiger partial charge in [0.1, 0.15) is 5.76 Å². The molecule has 0 saturated carbocycles. The van der Waals surface area contributed by atoms with Gasteiger partial charge in [0.05, 0.1) is 17.0 Å². The van der Waals surface area contributed by atoms with Crippen LogP contribution in [-0.2, 0) is 5.75 Å². The van der Waals surface area contributed by atoms with Crippen LogP contribution in [0.2, 0.25) is 5.02 Å². The number of anilines is 1. The zero-order chi connectivity index (χ0) is 20.2. The predicted molar refractivity (Wildman–Crippen MR) is 117 cm³/mol. The molecule has 1 aromatic heterocycles. The minimum atomic E-state index is 0.0811. The molecule has 0 atom stereocenters. The molecule has 150 valence electrons. The van der Waals surface area contributed by atoms with Gasteiger partial charge >= 0.3 is 0 Å². The fourth-order valence-electron chi connectivity index (χ4n) is 3.39. The Labute approximate surface area is 179 Å². The number of carbonyl (C=O) groups is 1. The molecular weight excluding hydrogens is 406 g/mol. The third-order valence-corrected chi connectivity index (χ3v) is 6.27. The summed E-state index contributed by atoms with van der Waals surface area (Å²) >= 11 is 7.58. The summed E-state index contributed by atoms with van der Waals surface area (Å²) in [5, 5.41) is 4.65. The van der Waals surface area contributed by atoms with E-state index in [0.717, 1.165) is 45.7 Å². The van der Waals surface area contributed by atoms with E-state index < -0.39 is 0 Å². The van der Waals surface area contributed by atoms with E-state index >= 15 is 0 Å². The van der Waals surface area contributed by atoms with Crippen LogP contribution in [0.1, 0.15) is 21.8 Å². The molecule has 5 nitrogen and oxygen atoms in total. The minimum absolute atomic E-state index is 0.0811. The molecule has 3 aromatic rings. The summed E-state index contributed by atoms with van der Waals surface area (Å²) in [5.74, 6) is 1.54. The molecule has 0 aliphatic carbocycles. The fraction of sp³-hybridized carbons (Fsp3) is 0.273. The van der Waals surface area contributed by atoms with E-state index in [2.05, 4.69) is 10.1 Å². The molecule has 0 unspecified atom stereocenters. The molecule has 1 aliphatic heterocycles. The average molecular weight is 428 g/mol. The second kappa shape index (κ2) is 8.93. The van der Waals surface area contributed by atoms with Crippen molar-refractivity contribution >= 4 is 35.0 Å². The maximum absolute atomic E-state index is 13.2. The SMILES string of the molecule is Cc1cc(CSc2ccccc2C(=O)N2CCN(c3ccc(Cl)cc3)CC2)on1. The largest absolute Gasteiger partial charge is 0.368 e. The summed E-state index contributed by atoms with van der Waals surface area (Å²) in [5.41, 5.74) is 2.75. The van der Waals surface area contributed by atoms with Crippen LogP contribution in [0.25, 0.3) is 0 Å². The number of rotatable bonds is 5. The monoisotopic (exact) mass is 427 g/mol. The summed E-state index contributed by atoms with van der Waals surface area (Å²) in [6, 6.07) is 17.5. The molecule has 2 heterocycles. The number of nitrogens with zero attached hydrogens (tertiary/aromatic N) is 3. The van der Waals surface area contributed by atoms with Gasteiger partial charge in [-0.1, -0.05) is 28.9 Å². The standard InChI is InChI=1S/C22H22ClN3O2S/c1-16-14-19(28-24-16)15-29-21-5-3-2-4-20(21)22(27)26-12-10-25(11-13-26)18-8-6-17(23)7-9-18/h2-9,14H,10-13,15H2,1H3. The number of aryl methyl sites for hydroxylation is 1. The lowest BCUT2D eigenvalue weighted by Gasteiger charge is -2.36. The first kappa shape index (κ1) is 19.9. The van der Waals surface area contributed by atoms with Gasteiger partial charge in [-0.2, -0.15) is 0 Å². The number of benzene rings is 2. The van der Waals surface area contributed by atoms with Gasteiger partial charge < -0.3 is 14.3 Å². The number of carbonyl (C=O) groups excluding carboxylic acids is 1. The third-order valence-electron chi connectivity index (χ3n) is 4.92. The molecule has 29 heavy (non-hydrogen) atoms. The van der Waals surface area contributed by atoms with Crippen LogP contribution in [-0.4, -0.2) is 42.1 Å². The number of halogens is 1. The first-order valence-electron chi connectivity index (χ1n) is 9.54. The third kappa shape index (κ3) is 4.77. The van der Waals surface area contributed by atoms with Crippen molar-refractivity contribution in [3.8, 4) is 0 Å². The van der Waals surface area contributed by atoms with Crippen molar-refractivity contribution < 1.29 is 9.32 Å². The molecular formula is C22H22ClN3O2S. The molecule has 1 saturated heterocycles. The highest BCUT2D eigenvalue weighted by atomic mass is 35.5. The quantitative estimate of drug-likeness (QED) is 0.542. The lowest BCUT2D eigenvalue weighted by molar-refractivity contribution is 0.0743. The Morgan fingerprint density at radius 3 is 2.52 bits per heavy atom. The number of piperazine rings is 1. The van der Waals surface area contributed by atoms with Crippen LogP contribution in [0.15, 0.2) is 64.0 Å². The van der Waals surface area contributed by atoms with Gasteiger partial charge in [0.2, 0.25) is 0 Å². The molecule has 4 rings (SSSR count). The summed E-state index contributed by atoms with van der Waals surface area (Å²) in [4.78, 5) is 18.3. The topological polar surface area (TPSA) is 49.6 Å². The summed E-state index contributed by atoms with van der Waals surface area (Å²) < 4.78 is 5.28. The maximum atomic E-state index is 13.2. The summed E-state index contributed by atoms with van der Waals surface area (Å²) in [6.07, 6.45) is 0. The van der Waals surface area contributed by atoms with Gasteiger partial charge in [-0.3, -0.25) is 4.79 Å². The molecule has 7 heteroatoms. The summed E-state index contributed by atoms with van der Waals surface area (Å²) in [7, 11) is 0. The molecule has 0 radical (unpaired) electrons. The molecule has 1 fully saturated rings. The Kier molecular flexibility index (Phi) is 6.11. The van der Waals surface area contributed by atoms with Crippen molar-refractivity contribution in [2.24, 2.45) is 0 Å². The van der Waals surface area contributed by atoms with Gasteiger partial charge in [0.25, 0.3) is 5.91 Å². The predicted octanol–water partition coefficient (Wildman–Crippen LogP) is 4.89. The Morgan fingerprint density at radius 1 is 1.10 bits per heavy atom. The highest BCUT2D eigenvalue weighted by Gasteiger charge is 2.24. The Balaban J connectivity index is 1.40. The smallest absolute Gasteiger partial charge is 0.255 e. The van der Waals surface area contributed by atoms with Crippen molar-refractivity contribution in [2.45, 2.75) is 17.6 Å². The molecule has 2 aromatic carbocycles. The van der Waals surface area contributed by atoms with Gasteiger partial charge in [-0.25, -0.2) is 0 Å². The van der Waals surface area contributed by atoms with Gasteiger partial charge in [0, 0.05) is 47.9 Å². The van der Waals surface area contributed by atoms with E-state index in [1.807, 2.05) is 66.4 Å². The zero-order valence-corrected chi connectivity index (χ0v) is 17.7. The minimum Gasteiger partial charge on any atom is -0.368 e. The van der Waals surface area contributed by atoms with Crippen molar-refractivity contribution in [1.82, 2.24) is 10.1 Å². The van der Waals surface area contributed by atoms with Crippen molar-refractivity contribution in [3.05, 3.63) is 76.6 Å². The van der Waals surface area contributed by atoms with Crippen molar-refractivity contribution in [2.75, 3.05) is 31.1 Å². The number of thioether (sulfide) groups is 1. The molecule has 1 amide bonds. The number of aromatic nitrogens is 1. The number of hydrogen-bond donors (Lipinski definition) is 0. The van der Waals surface area contributed by atoms with Crippen LogP contribution in [0.5, 0.6) is 0 Å². The summed E-state index contributed by atoms with van der Waals surface area (Å²) in [6.45, 7) is 4.91. The van der Waals surface area contributed by atoms with Crippen LogP contribution in [0, 0.1) is 6.92 Å². The highest BCUT2D eigenvalue weighted by Crippen LogP contribution is 2.28. The average Bonchev–Trinajstić information content (AvgIpc) is 3.18. The van der Waals surface area contributed by atoms with E-state index in [1.165, 1.54) is 0 Å². The maximum Gasteiger partial charge on any atom is 0.255 e. The van der Waals surface area contributed by atoms with Crippen LogP contribution in [0.4, 0.5) is 5.69 Å². The highest BCUT2D eigenvalue weighted by molar-refractivity contribution is 7.98. The van der Waals surface area contributed by atoms with Gasteiger partial charge in [-0.15, -0.1) is 11.8 Å². The lowest BCUT2D eigenvalue weighted by Crippen LogP contribution is -2.48. The molecule has 0 spiro atoms. The fourth-order valence-corrected chi connectivity index (χ4v) is 4.44. The second-order valence-electron chi connectivity index (χ2n) is 6.98. The normalized spacial score (nSPS) is 14.3. The van der Waals surface area contributed by atoms with E-state index in [4.69, 9.17) is 16.1 Å². The molecule has 1 aliphatic rings. The Morgan fingerprint density at radius 2 is 1.83 bits per heavy atom. The first-order chi connectivity index (χ1) is 14.1. The lowest BCUT2D eigenvalue weighted by atomic mass is 10.1. The number of amides is 1. The molecule has 0 N–H and O–H groups in total. The Bertz CT molecular complexity index is 982. The van der Waals surface area contributed by atoms with Crippen LogP contribution in [0.3, 0.4) is 0 Å². The van der Waals surface area contributed by atoms with E-state index in [9.17, 15) is 4.79 Å². The van der Waals surface area contributed by atoms with Gasteiger partial charge in [-0.05, 0) is 43.3 Å². The van der Waals surface area contributed by atoms with Crippen LogP contribution >= 0.6 is 23.4 Å². The van der Waals surface area contributed by atoms with Crippen molar-refractivity contribution in [1.29, 1.82) is 0 Å². The van der Waals surface area contributed by atoms with E-state index in [-0.39, 0.29) is 5.91 Å². The molecule has 0 bridgehead atoms. The van der Waals surface area contributed by atoms with Crippen LogP contribution < -0.4 is 4.90 Å². The number of hydrogen-bond acceptors (Lipinski definition) is 5. The first-order valence-corrected chi connectivity index (χ1v) is 10.9.